The molecule has 2 saturated heterocycles. The first kappa shape index (κ1) is 5.69. The number of hydrogen-bond donors (Lipinski definition) is 1. The Morgan fingerprint density at radius 3 is 3.11 bits per heavy atom. The largest absolute Gasteiger partial charge is 0.314 e. The summed E-state index contributed by atoms with van der Waals surface area (Å²) in [7, 11) is 0. The molecule has 0 bridgehead atoms. The normalized spacial score (nSPS) is 48.3. The second-order valence-electron chi connectivity index (χ2n) is 3.07. The second kappa shape index (κ2) is 1.96. The van der Waals surface area contributed by atoms with Gasteiger partial charge in [-0.05, 0) is 6.42 Å². The molecular weight excluding hydrogens is 112 g/mol. The lowest BCUT2D eigenvalue weighted by molar-refractivity contribution is 0.303. The van der Waals surface area contributed by atoms with Gasteiger partial charge in [-0.15, -0.1) is 0 Å². The van der Waals surface area contributed by atoms with Gasteiger partial charge in [-0.25, -0.2) is 0 Å². The maximum absolute atomic E-state index is 3.44. The second-order valence-corrected chi connectivity index (χ2v) is 3.07. The van der Waals surface area contributed by atoms with Gasteiger partial charge in [0.05, 0.1) is 0 Å². The summed E-state index contributed by atoms with van der Waals surface area (Å²) in [6, 6.07) is 1.76. The average molecular weight is 126 g/mol. The van der Waals surface area contributed by atoms with Crippen molar-refractivity contribution in [3.05, 3.63) is 0 Å². The summed E-state index contributed by atoms with van der Waals surface area (Å²) in [6.45, 7) is 6.07. The van der Waals surface area contributed by atoms with Gasteiger partial charge < -0.3 is 5.32 Å². The van der Waals surface area contributed by atoms with Crippen molar-refractivity contribution < 1.29 is 0 Å². The van der Waals surface area contributed by atoms with Gasteiger partial charge in [0.25, 0.3) is 0 Å². The van der Waals surface area contributed by atoms with Crippen molar-refractivity contribution >= 4 is 0 Å². The van der Waals surface area contributed by atoms with Crippen LogP contribution >= 0.6 is 0 Å². The quantitative estimate of drug-likeness (QED) is 0.499. The molecule has 0 radical (unpaired) electrons. The van der Waals surface area contributed by atoms with Gasteiger partial charge in [-0.3, -0.25) is 4.90 Å². The Labute approximate surface area is 56.2 Å². The highest BCUT2D eigenvalue weighted by atomic mass is 15.4. The van der Waals surface area contributed by atoms with E-state index in [9.17, 15) is 0 Å². The van der Waals surface area contributed by atoms with Crippen LogP contribution in [-0.2, 0) is 0 Å². The maximum atomic E-state index is 3.44. The van der Waals surface area contributed by atoms with Crippen molar-refractivity contribution in [1.82, 2.24) is 10.2 Å². The first-order valence-corrected chi connectivity index (χ1v) is 3.88. The highest BCUT2D eigenvalue weighted by molar-refractivity contribution is 4.99. The van der Waals surface area contributed by atoms with Crippen molar-refractivity contribution in [2.45, 2.75) is 25.4 Å². The molecule has 1 N–H and O–H groups in total. The average Bonchev–Trinajstić information content (AvgIpc) is 2.64. The van der Waals surface area contributed by atoms with Crippen LogP contribution in [0.2, 0.25) is 0 Å². The summed E-state index contributed by atoms with van der Waals surface area (Å²) in [4.78, 5) is 2.59. The minimum absolute atomic E-state index is 0.851. The van der Waals surface area contributed by atoms with Crippen LogP contribution in [0, 0.1) is 0 Å². The summed E-state index contributed by atoms with van der Waals surface area (Å²) in [5, 5.41) is 3.44. The maximum Gasteiger partial charge on any atom is 0.0352 e. The topological polar surface area (TPSA) is 15.0 Å². The van der Waals surface area contributed by atoms with E-state index in [4.69, 9.17) is 0 Å². The summed E-state index contributed by atoms with van der Waals surface area (Å²) >= 11 is 0. The van der Waals surface area contributed by atoms with Crippen molar-refractivity contribution in [3.8, 4) is 0 Å². The first-order chi connectivity index (χ1) is 4.42. The number of rotatable bonds is 1. The summed E-state index contributed by atoms with van der Waals surface area (Å²) in [5.41, 5.74) is 0. The molecule has 0 saturated carbocycles. The third kappa shape index (κ3) is 0.864. The molecule has 2 rings (SSSR count). The number of nitrogens with zero attached hydrogens (tertiary/aromatic N) is 1. The summed E-state index contributed by atoms with van der Waals surface area (Å²) in [6.07, 6.45) is 1.31. The van der Waals surface area contributed by atoms with E-state index in [0.29, 0.717) is 0 Å². The molecule has 2 heteroatoms. The Morgan fingerprint density at radius 2 is 2.44 bits per heavy atom. The van der Waals surface area contributed by atoms with Crippen LogP contribution in [0.3, 0.4) is 0 Å². The molecule has 2 aliphatic rings. The number of nitrogens with one attached hydrogen (secondary N) is 1. The zero-order valence-corrected chi connectivity index (χ0v) is 5.93. The van der Waals surface area contributed by atoms with Gasteiger partial charge in [0.2, 0.25) is 0 Å². The minimum Gasteiger partial charge on any atom is -0.314 e. The Morgan fingerprint density at radius 1 is 1.56 bits per heavy atom. The van der Waals surface area contributed by atoms with Crippen molar-refractivity contribution in [2.75, 3.05) is 19.6 Å². The Balaban J connectivity index is 1.93. The molecule has 52 valence electrons. The SMILES string of the molecule is CCC1CNCC2C[N@]12. The fraction of sp³-hybridized carbons (Fsp3) is 1.00. The predicted octanol–water partition coefficient (Wildman–Crippen LogP) is 0.0524. The standard InChI is InChI=1S/C7H14N2/c1-2-6-3-8-4-7-5-9(6)7/h6-8H,2-5H2,1H3/t6?,7?,9-/m1/s1. The highest BCUT2D eigenvalue weighted by Crippen LogP contribution is 2.24. The predicted molar refractivity (Wildman–Crippen MR) is 37.4 cm³/mol. The lowest BCUT2D eigenvalue weighted by atomic mass is 10.2. The molecule has 9 heavy (non-hydrogen) atoms. The fourth-order valence-electron chi connectivity index (χ4n) is 1.74. The van der Waals surface area contributed by atoms with Gasteiger partial charge in [0.1, 0.15) is 0 Å². The van der Waals surface area contributed by atoms with Crippen LogP contribution in [0.25, 0.3) is 0 Å². The van der Waals surface area contributed by atoms with Gasteiger partial charge in [0, 0.05) is 31.7 Å². The van der Waals surface area contributed by atoms with E-state index in [1.54, 1.807) is 0 Å². The summed E-state index contributed by atoms with van der Waals surface area (Å²) in [5.74, 6) is 0. The first-order valence-electron chi connectivity index (χ1n) is 3.88. The van der Waals surface area contributed by atoms with Crippen LogP contribution < -0.4 is 5.32 Å². The van der Waals surface area contributed by atoms with E-state index in [2.05, 4.69) is 17.1 Å². The number of fused-ring (bicyclic) bond motifs is 1. The van der Waals surface area contributed by atoms with E-state index in [-0.39, 0.29) is 0 Å². The van der Waals surface area contributed by atoms with Crippen LogP contribution in [0.4, 0.5) is 0 Å². The molecule has 2 fully saturated rings. The number of piperazine rings is 1. The van der Waals surface area contributed by atoms with E-state index in [1.807, 2.05) is 0 Å². The van der Waals surface area contributed by atoms with Crippen molar-refractivity contribution in [2.24, 2.45) is 0 Å². The van der Waals surface area contributed by atoms with Gasteiger partial charge in [-0.2, -0.15) is 0 Å². The lowest BCUT2D eigenvalue weighted by Gasteiger charge is -2.22. The Bertz CT molecular complexity index is 113. The monoisotopic (exact) mass is 126 g/mol. The van der Waals surface area contributed by atoms with E-state index >= 15 is 0 Å². The van der Waals surface area contributed by atoms with Gasteiger partial charge in [-0.1, -0.05) is 6.92 Å². The van der Waals surface area contributed by atoms with Crippen molar-refractivity contribution in [3.63, 3.8) is 0 Å². The molecular formula is C7H14N2. The number of hydrogen-bond acceptors (Lipinski definition) is 2. The molecule has 0 aliphatic carbocycles. The minimum atomic E-state index is 0.851. The zero-order chi connectivity index (χ0) is 6.27. The third-order valence-electron chi connectivity index (χ3n) is 2.46. The third-order valence-corrected chi connectivity index (χ3v) is 2.46. The Hall–Kier alpha value is -0.0800. The van der Waals surface area contributed by atoms with Crippen LogP contribution in [0.1, 0.15) is 13.3 Å². The van der Waals surface area contributed by atoms with E-state index in [1.165, 1.54) is 26.1 Å². The van der Waals surface area contributed by atoms with Gasteiger partial charge in [0.15, 0.2) is 0 Å². The molecule has 2 heterocycles. The molecule has 2 unspecified atom stereocenters. The van der Waals surface area contributed by atoms with Gasteiger partial charge >= 0.3 is 0 Å². The molecule has 2 nitrogen and oxygen atoms in total. The molecule has 0 amide bonds. The molecule has 0 aromatic rings. The highest BCUT2D eigenvalue weighted by Gasteiger charge is 2.41. The zero-order valence-electron chi connectivity index (χ0n) is 5.93. The fourth-order valence-corrected chi connectivity index (χ4v) is 1.74. The molecule has 0 aromatic carbocycles. The van der Waals surface area contributed by atoms with Crippen molar-refractivity contribution in [1.29, 1.82) is 0 Å². The molecule has 0 spiro atoms. The van der Waals surface area contributed by atoms with E-state index < -0.39 is 0 Å². The van der Waals surface area contributed by atoms with E-state index in [0.717, 1.165) is 12.1 Å². The smallest absolute Gasteiger partial charge is 0.0352 e. The van der Waals surface area contributed by atoms with Crippen LogP contribution in [0.15, 0.2) is 0 Å². The lowest BCUT2D eigenvalue weighted by Crippen LogP contribution is -2.41. The Kier molecular flexibility index (Phi) is 1.24. The molecule has 0 aromatic heterocycles. The van der Waals surface area contributed by atoms with Crippen LogP contribution in [-0.4, -0.2) is 36.6 Å². The van der Waals surface area contributed by atoms with Crippen LogP contribution in [0.5, 0.6) is 0 Å². The molecule has 3 atom stereocenters. The summed E-state index contributed by atoms with van der Waals surface area (Å²) < 4.78 is 0. The molecule has 2 aliphatic heterocycles.